The van der Waals surface area contributed by atoms with Crippen LogP contribution in [0.3, 0.4) is 0 Å². The van der Waals surface area contributed by atoms with E-state index in [1.165, 1.54) is 11.5 Å². The molecule has 0 radical (unpaired) electrons. The maximum Gasteiger partial charge on any atom is 0.306 e. The van der Waals surface area contributed by atoms with Crippen LogP contribution in [0.5, 0.6) is 0 Å². The third-order valence-electron chi connectivity index (χ3n) is 2.33. The second-order valence-electron chi connectivity index (χ2n) is 3.66. The lowest BCUT2D eigenvalue weighted by Crippen LogP contribution is -2.43. The Bertz CT molecular complexity index is 382. The molecule has 1 N–H and O–H groups in total. The van der Waals surface area contributed by atoms with Gasteiger partial charge in [-0.1, -0.05) is 0 Å². The van der Waals surface area contributed by atoms with E-state index in [1.54, 1.807) is 0 Å². The van der Waals surface area contributed by atoms with Crippen LogP contribution in [0.2, 0.25) is 0 Å². The molecule has 1 aromatic rings. The summed E-state index contributed by atoms with van der Waals surface area (Å²) in [6.45, 7) is 3.69. The molecular weight excluding hydrogens is 230 g/mol. The first-order valence-corrected chi connectivity index (χ1v) is 5.81. The zero-order chi connectivity index (χ0) is 11.5. The summed E-state index contributed by atoms with van der Waals surface area (Å²) in [5, 5.41) is 9.55. The first-order valence-electron chi connectivity index (χ1n) is 5.04. The zero-order valence-electron chi connectivity index (χ0n) is 8.92. The minimum atomic E-state index is -0.833. The van der Waals surface area contributed by atoms with Crippen LogP contribution < -0.4 is 4.90 Å². The maximum atomic E-state index is 10.6. The standard InChI is InChI=1S/C9H13N3O3S/c1-6-10-9(16-11-6)12-2-3-15-7(5-12)4-8(13)14/h7H,2-5H2,1H3,(H,13,14). The number of carboxylic acids is 1. The second kappa shape index (κ2) is 4.75. The van der Waals surface area contributed by atoms with Crippen LogP contribution in [0.1, 0.15) is 12.2 Å². The van der Waals surface area contributed by atoms with Gasteiger partial charge in [0.25, 0.3) is 0 Å². The summed E-state index contributed by atoms with van der Waals surface area (Å²) < 4.78 is 9.49. The van der Waals surface area contributed by atoms with Gasteiger partial charge in [-0.15, -0.1) is 0 Å². The monoisotopic (exact) mass is 243 g/mol. The van der Waals surface area contributed by atoms with E-state index in [0.29, 0.717) is 13.2 Å². The number of nitrogens with zero attached hydrogens (tertiary/aromatic N) is 3. The van der Waals surface area contributed by atoms with Gasteiger partial charge in [0.2, 0.25) is 5.13 Å². The van der Waals surface area contributed by atoms with Gasteiger partial charge in [-0.3, -0.25) is 4.79 Å². The largest absolute Gasteiger partial charge is 0.481 e. The van der Waals surface area contributed by atoms with E-state index in [-0.39, 0.29) is 12.5 Å². The van der Waals surface area contributed by atoms with Gasteiger partial charge >= 0.3 is 5.97 Å². The lowest BCUT2D eigenvalue weighted by atomic mass is 10.2. The highest BCUT2D eigenvalue weighted by atomic mass is 32.1. The fourth-order valence-corrected chi connectivity index (χ4v) is 2.33. The SMILES string of the molecule is Cc1nsc(N2CCOC(CC(=O)O)C2)n1. The molecule has 1 unspecified atom stereocenters. The van der Waals surface area contributed by atoms with E-state index in [0.717, 1.165) is 17.5 Å². The third-order valence-corrected chi connectivity index (χ3v) is 3.20. The van der Waals surface area contributed by atoms with Crippen molar-refractivity contribution in [2.24, 2.45) is 0 Å². The number of aromatic nitrogens is 2. The van der Waals surface area contributed by atoms with Gasteiger partial charge in [-0.05, 0) is 6.92 Å². The van der Waals surface area contributed by atoms with Crippen LogP contribution in [0.25, 0.3) is 0 Å². The van der Waals surface area contributed by atoms with E-state index >= 15 is 0 Å². The highest BCUT2D eigenvalue weighted by molar-refractivity contribution is 7.09. The molecule has 1 saturated heterocycles. The van der Waals surface area contributed by atoms with Gasteiger partial charge in [0.1, 0.15) is 5.82 Å². The smallest absolute Gasteiger partial charge is 0.306 e. The van der Waals surface area contributed by atoms with Crippen LogP contribution in [0.4, 0.5) is 5.13 Å². The highest BCUT2D eigenvalue weighted by Crippen LogP contribution is 2.20. The number of hydrogen-bond donors (Lipinski definition) is 1. The molecule has 1 atom stereocenters. The summed E-state index contributed by atoms with van der Waals surface area (Å²) >= 11 is 1.34. The molecule has 0 bridgehead atoms. The number of aliphatic carboxylic acids is 1. The maximum absolute atomic E-state index is 10.6. The molecule has 88 valence electrons. The van der Waals surface area contributed by atoms with Gasteiger partial charge in [-0.25, -0.2) is 4.98 Å². The summed E-state index contributed by atoms with van der Waals surface area (Å²) in [4.78, 5) is 16.9. The first kappa shape index (κ1) is 11.3. The van der Waals surface area contributed by atoms with Crippen LogP contribution in [0, 0.1) is 6.92 Å². The Hall–Kier alpha value is -1.21. The number of aryl methyl sites for hydroxylation is 1. The van der Waals surface area contributed by atoms with Gasteiger partial charge in [0.05, 0.1) is 19.1 Å². The highest BCUT2D eigenvalue weighted by Gasteiger charge is 2.24. The third kappa shape index (κ3) is 2.67. The molecule has 2 heterocycles. The summed E-state index contributed by atoms with van der Waals surface area (Å²) in [7, 11) is 0. The van der Waals surface area contributed by atoms with Crippen molar-refractivity contribution < 1.29 is 14.6 Å². The Balaban J connectivity index is 1.99. The topological polar surface area (TPSA) is 75.6 Å². The molecule has 1 aliphatic rings. The molecule has 6 nitrogen and oxygen atoms in total. The molecule has 0 saturated carbocycles. The average molecular weight is 243 g/mol. The van der Waals surface area contributed by atoms with Crippen molar-refractivity contribution in [2.75, 3.05) is 24.6 Å². The molecule has 0 aromatic carbocycles. The summed E-state index contributed by atoms with van der Waals surface area (Å²) in [6.07, 6.45) is -0.218. The Morgan fingerprint density at radius 3 is 3.19 bits per heavy atom. The Labute approximate surface area is 97.0 Å². The molecule has 0 aliphatic carbocycles. The number of hydrogen-bond acceptors (Lipinski definition) is 6. The number of morpholine rings is 1. The molecule has 0 spiro atoms. The predicted octanol–water partition coefficient (Wildman–Crippen LogP) is 0.526. The van der Waals surface area contributed by atoms with E-state index in [2.05, 4.69) is 9.36 Å². The number of carboxylic acid groups (broad SMARTS) is 1. The van der Waals surface area contributed by atoms with E-state index in [9.17, 15) is 4.79 Å². The minimum Gasteiger partial charge on any atom is -0.481 e. The van der Waals surface area contributed by atoms with Crippen molar-refractivity contribution in [1.82, 2.24) is 9.36 Å². The lowest BCUT2D eigenvalue weighted by Gasteiger charge is -2.31. The fraction of sp³-hybridized carbons (Fsp3) is 0.667. The van der Waals surface area contributed by atoms with Crippen molar-refractivity contribution in [1.29, 1.82) is 0 Å². The van der Waals surface area contributed by atoms with Crippen molar-refractivity contribution in [3.05, 3.63) is 5.82 Å². The first-order chi connectivity index (χ1) is 7.65. The minimum absolute atomic E-state index is 0.0360. The second-order valence-corrected chi connectivity index (χ2v) is 4.39. The average Bonchev–Trinajstić information content (AvgIpc) is 2.64. The van der Waals surface area contributed by atoms with Crippen LogP contribution in [0.15, 0.2) is 0 Å². The van der Waals surface area contributed by atoms with Crippen LogP contribution in [-0.4, -0.2) is 46.2 Å². The van der Waals surface area contributed by atoms with Crippen LogP contribution in [-0.2, 0) is 9.53 Å². The summed E-state index contributed by atoms with van der Waals surface area (Å²) in [6, 6.07) is 0. The number of rotatable bonds is 3. The molecule has 1 aromatic heterocycles. The van der Waals surface area contributed by atoms with Crippen molar-refractivity contribution in [3.63, 3.8) is 0 Å². The quantitative estimate of drug-likeness (QED) is 0.834. The molecule has 7 heteroatoms. The normalized spacial score (nSPS) is 21.1. The number of anilines is 1. The Morgan fingerprint density at radius 1 is 1.75 bits per heavy atom. The van der Waals surface area contributed by atoms with E-state index < -0.39 is 5.97 Å². The lowest BCUT2D eigenvalue weighted by molar-refractivity contribution is -0.140. The van der Waals surface area contributed by atoms with Gasteiger partial charge in [0.15, 0.2) is 0 Å². The Kier molecular flexibility index (Phi) is 3.35. The van der Waals surface area contributed by atoms with Crippen molar-refractivity contribution in [3.8, 4) is 0 Å². The van der Waals surface area contributed by atoms with Gasteiger partial charge in [-0.2, -0.15) is 4.37 Å². The molecule has 16 heavy (non-hydrogen) atoms. The number of ether oxygens (including phenoxy) is 1. The zero-order valence-corrected chi connectivity index (χ0v) is 9.74. The van der Waals surface area contributed by atoms with Gasteiger partial charge < -0.3 is 14.7 Å². The van der Waals surface area contributed by atoms with E-state index in [1.807, 2.05) is 11.8 Å². The van der Waals surface area contributed by atoms with Crippen molar-refractivity contribution >= 4 is 22.6 Å². The van der Waals surface area contributed by atoms with Crippen LogP contribution >= 0.6 is 11.5 Å². The molecule has 1 aliphatic heterocycles. The molecular formula is C9H13N3O3S. The number of carbonyl (C=O) groups is 1. The molecule has 1 fully saturated rings. The van der Waals surface area contributed by atoms with Gasteiger partial charge in [0, 0.05) is 24.6 Å². The molecule has 2 rings (SSSR count). The fourth-order valence-electron chi connectivity index (χ4n) is 1.63. The van der Waals surface area contributed by atoms with E-state index in [4.69, 9.17) is 9.84 Å². The Morgan fingerprint density at radius 2 is 2.56 bits per heavy atom. The summed E-state index contributed by atoms with van der Waals surface area (Å²) in [5.74, 6) is -0.0819. The predicted molar refractivity (Wildman–Crippen MR) is 58.9 cm³/mol. The van der Waals surface area contributed by atoms with Crippen molar-refractivity contribution in [2.45, 2.75) is 19.4 Å². The summed E-state index contributed by atoms with van der Waals surface area (Å²) in [5.41, 5.74) is 0. The molecule has 0 amide bonds.